The van der Waals surface area contributed by atoms with Gasteiger partial charge in [-0.05, 0) is 49.2 Å². The number of aromatic nitrogens is 2. The van der Waals surface area contributed by atoms with Crippen molar-refractivity contribution in [2.24, 2.45) is 4.99 Å². The van der Waals surface area contributed by atoms with Crippen molar-refractivity contribution in [1.29, 1.82) is 0 Å². The molecule has 32 heavy (non-hydrogen) atoms. The minimum absolute atomic E-state index is 0.167. The third kappa shape index (κ3) is 3.44. The number of hydrogen-bond acceptors (Lipinski definition) is 6. The first-order chi connectivity index (χ1) is 15.7. The molecule has 3 aromatic heterocycles. The fourth-order valence-corrected chi connectivity index (χ4v) is 5.09. The van der Waals surface area contributed by atoms with Crippen molar-refractivity contribution < 1.29 is 14.3 Å². The number of aliphatic imine (C=N–C) groups is 1. The third-order valence-electron chi connectivity index (χ3n) is 5.54. The molecule has 0 fully saturated rings. The lowest BCUT2D eigenvalue weighted by atomic mass is 10.00. The summed E-state index contributed by atoms with van der Waals surface area (Å²) >= 11 is 1.39. The van der Waals surface area contributed by atoms with Gasteiger partial charge in [-0.3, -0.25) is 24.1 Å². The van der Waals surface area contributed by atoms with Crippen LogP contribution >= 0.6 is 11.3 Å². The van der Waals surface area contributed by atoms with Crippen LogP contribution in [0, 0.1) is 0 Å². The molecule has 0 radical (unpaired) electrons. The highest BCUT2D eigenvalue weighted by molar-refractivity contribution is 7.17. The molecule has 0 saturated carbocycles. The lowest BCUT2D eigenvalue weighted by Gasteiger charge is -2.15. The van der Waals surface area contributed by atoms with Crippen LogP contribution in [0.4, 0.5) is 0 Å². The third-order valence-corrected chi connectivity index (χ3v) is 6.63. The van der Waals surface area contributed by atoms with Gasteiger partial charge in [-0.1, -0.05) is 24.3 Å². The zero-order chi connectivity index (χ0) is 22.1. The average molecular weight is 444 g/mol. The number of esters is 1. The van der Waals surface area contributed by atoms with E-state index in [0.29, 0.717) is 23.5 Å². The molecule has 7 heteroatoms. The van der Waals surface area contributed by atoms with E-state index in [0.717, 1.165) is 27.0 Å². The molecular weight excluding hydrogens is 422 g/mol. The molecule has 1 aromatic carbocycles. The molecular formula is C25H21N3O3S. The summed E-state index contributed by atoms with van der Waals surface area (Å²) in [4.78, 5) is 37.0. The van der Waals surface area contributed by atoms with Crippen LogP contribution in [0.25, 0.3) is 21.5 Å². The van der Waals surface area contributed by atoms with Crippen molar-refractivity contribution in [3.63, 3.8) is 0 Å². The molecule has 6 nitrogen and oxygen atoms in total. The summed E-state index contributed by atoms with van der Waals surface area (Å²) in [6, 6.07) is 17.2. The van der Waals surface area contributed by atoms with E-state index in [1.165, 1.54) is 11.3 Å². The second-order valence-electron chi connectivity index (χ2n) is 7.44. The molecule has 1 aliphatic heterocycles. The van der Waals surface area contributed by atoms with Gasteiger partial charge in [0.15, 0.2) is 0 Å². The number of carbonyl (C=O) groups excluding carboxylic acids is 2. The number of ether oxygens (including phenoxy) is 1. The molecule has 0 N–H and O–H groups in total. The van der Waals surface area contributed by atoms with Crippen LogP contribution in [0.1, 0.15) is 33.8 Å². The first-order valence-electron chi connectivity index (χ1n) is 10.5. The number of rotatable bonds is 4. The summed E-state index contributed by atoms with van der Waals surface area (Å²) in [5.74, 6) is -1.28. The van der Waals surface area contributed by atoms with Gasteiger partial charge in [0.05, 0.1) is 27.6 Å². The first kappa shape index (κ1) is 20.3. The minimum atomic E-state index is -0.723. The molecule has 0 saturated heterocycles. The van der Waals surface area contributed by atoms with Crippen molar-refractivity contribution >= 4 is 40.3 Å². The van der Waals surface area contributed by atoms with Gasteiger partial charge in [0, 0.05) is 30.0 Å². The van der Waals surface area contributed by atoms with E-state index in [2.05, 4.69) is 9.98 Å². The second kappa shape index (κ2) is 8.51. The maximum atomic E-state index is 13.8. The Hall–Kier alpha value is -3.58. The number of thiophene rings is 1. The standard InChI is InChI=1S/C25H21N3O3S/c1-2-31-25(30)18-15-26-14-12-17-16-7-3-4-9-20(16)28(23(17)18)24(29)22-11-10-21(32-22)19-8-5-6-13-27-19/h3-11,13,15,18H,2,12,14H2,1H3. The van der Waals surface area contributed by atoms with Gasteiger partial charge in [-0.25, -0.2) is 0 Å². The minimum Gasteiger partial charge on any atom is -0.465 e. The van der Waals surface area contributed by atoms with E-state index in [1.54, 1.807) is 23.9 Å². The van der Waals surface area contributed by atoms with Crippen molar-refractivity contribution in [2.75, 3.05) is 13.2 Å². The molecule has 1 aliphatic rings. The molecule has 0 aliphatic carbocycles. The van der Waals surface area contributed by atoms with Gasteiger partial charge in [0.25, 0.3) is 5.91 Å². The number of fused-ring (bicyclic) bond motifs is 3. The molecule has 4 aromatic rings. The van der Waals surface area contributed by atoms with Gasteiger partial charge < -0.3 is 4.74 Å². The lowest BCUT2D eigenvalue weighted by molar-refractivity contribution is -0.143. The van der Waals surface area contributed by atoms with Crippen LogP contribution in [0.15, 0.2) is 65.8 Å². The summed E-state index contributed by atoms with van der Waals surface area (Å²) in [6.07, 6.45) is 4.02. The maximum absolute atomic E-state index is 13.8. The van der Waals surface area contributed by atoms with Crippen molar-refractivity contribution in [3.05, 3.63) is 76.9 Å². The molecule has 1 atom stereocenters. The quantitative estimate of drug-likeness (QED) is 0.428. The Bertz CT molecular complexity index is 1340. The monoisotopic (exact) mass is 443 g/mol. The van der Waals surface area contributed by atoms with Crippen LogP contribution in [0.3, 0.4) is 0 Å². The van der Waals surface area contributed by atoms with E-state index < -0.39 is 11.9 Å². The largest absolute Gasteiger partial charge is 0.465 e. The number of nitrogens with zero attached hydrogens (tertiary/aromatic N) is 3. The number of hydrogen-bond donors (Lipinski definition) is 0. The summed E-state index contributed by atoms with van der Waals surface area (Å²) in [5.41, 5.74) is 3.25. The Balaban J connectivity index is 1.67. The van der Waals surface area contributed by atoms with Crippen LogP contribution < -0.4 is 0 Å². The van der Waals surface area contributed by atoms with E-state index in [-0.39, 0.29) is 12.5 Å². The predicted molar refractivity (Wildman–Crippen MR) is 126 cm³/mol. The average Bonchev–Trinajstić information content (AvgIpc) is 3.37. The van der Waals surface area contributed by atoms with Crippen LogP contribution in [-0.2, 0) is 16.0 Å². The molecule has 5 rings (SSSR count). The summed E-state index contributed by atoms with van der Waals surface area (Å²) < 4.78 is 7.01. The van der Waals surface area contributed by atoms with Crippen LogP contribution in [-0.4, -0.2) is 40.8 Å². The van der Waals surface area contributed by atoms with Crippen LogP contribution in [0.5, 0.6) is 0 Å². The molecule has 4 heterocycles. The van der Waals surface area contributed by atoms with Gasteiger partial charge >= 0.3 is 5.97 Å². The van der Waals surface area contributed by atoms with Gasteiger partial charge in [-0.2, -0.15) is 0 Å². The fraction of sp³-hybridized carbons (Fsp3) is 0.200. The van der Waals surface area contributed by atoms with E-state index in [1.807, 2.05) is 54.6 Å². The highest BCUT2D eigenvalue weighted by atomic mass is 32.1. The Morgan fingerprint density at radius 2 is 1.97 bits per heavy atom. The topological polar surface area (TPSA) is 73.5 Å². The lowest BCUT2D eigenvalue weighted by Crippen LogP contribution is -2.24. The SMILES string of the molecule is CCOC(=O)C1C=NCCc2c1n(C(=O)c1ccc(-c3ccccn3)s1)c1ccccc21. The number of benzene rings is 1. The fourth-order valence-electron chi connectivity index (χ4n) is 4.18. The molecule has 160 valence electrons. The summed E-state index contributed by atoms with van der Waals surface area (Å²) in [6.45, 7) is 2.61. The smallest absolute Gasteiger partial charge is 0.320 e. The summed E-state index contributed by atoms with van der Waals surface area (Å²) in [5, 5.41) is 0.970. The van der Waals surface area contributed by atoms with E-state index in [4.69, 9.17) is 4.74 Å². The highest BCUT2D eigenvalue weighted by Crippen LogP contribution is 2.35. The molecule has 0 bridgehead atoms. The van der Waals surface area contributed by atoms with E-state index >= 15 is 0 Å². The predicted octanol–water partition coefficient (Wildman–Crippen LogP) is 4.73. The molecule has 1 unspecified atom stereocenters. The molecule has 0 spiro atoms. The maximum Gasteiger partial charge on any atom is 0.320 e. The second-order valence-corrected chi connectivity index (χ2v) is 8.52. The Kier molecular flexibility index (Phi) is 5.41. The zero-order valence-corrected chi connectivity index (χ0v) is 18.3. The molecule has 0 amide bonds. The van der Waals surface area contributed by atoms with Gasteiger partial charge in [0.2, 0.25) is 0 Å². The first-order valence-corrected chi connectivity index (χ1v) is 11.4. The van der Waals surface area contributed by atoms with Crippen molar-refractivity contribution in [1.82, 2.24) is 9.55 Å². The Morgan fingerprint density at radius 1 is 1.12 bits per heavy atom. The number of pyridine rings is 1. The Labute approximate surface area is 189 Å². The number of para-hydroxylation sites is 1. The van der Waals surface area contributed by atoms with E-state index in [9.17, 15) is 9.59 Å². The van der Waals surface area contributed by atoms with Crippen LogP contribution in [0.2, 0.25) is 0 Å². The van der Waals surface area contributed by atoms with Crippen molar-refractivity contribution in [2.45, 2.75) is 19.3 Å². The zero-order valence-electron chi connectivity index (χ0n) is 17.5. The van der Waals surface area contributed by atoms with Gasteiger partial charge in [-0.15, -0.1) is 11.3 Å². The normalized spacial score (nSPS) is 15.3. The van der Waals surface area contributed by atoms with Crippen molar-refractivity contribution in [3.8, 4) is 10.6 Å². The highest BCUT2D eigenvalue weighted by Gasteiger charge is 2.33. The summed E-state index contributed by atoms with van der Waals surface area (Å²) in [7, 11) is 0. The van der Waals surface area contributed by atoms with Gasteiger partial charge in [0.1, 0.15) is 5.92 Å². The Morgan fingerprint density at radius 3 is 2.78 bits per heavy atom. The number of carbonyl (C=O) groups is 2.